The zero-order valence-electron chi connectivity index (χ0n) is 10.8. The Balaban J connectivity index is 1.53. The molecule has 1 fully saturated rings. The van der Waals surface area contributed by atoms with Crippen LogP contribution in [0.15, 0.2) is 36.4 Å². The minimum absolute atomic E-state index is 0.533. The van der Waals surface area contributed by atoms with Crippen LogP contribution in [-0.4, -0.2) is 12.6 Å². The van der Waals surface area contributed by atoms with E-state index in [1.54, 1.807) is 0 Å². The first-order valence-electron chi connectivity index (χ1n) is 6.79. The van der Waals surface area contributed by atoms with Gasteiger partial charge in [0.25, 0.3) is 0 Å². The van der Waals surface area contributed by atoms with Crippen molar-refractivity contribution in [1.29, 1.82) is 0 Å². The van der Waals surface area contributed by atoms with E-state index in [4.69, 9.17) is 5.73 Å². The average molecular weight is 257 g/mol. The summed E-state index contributed by atoms with van der Waals surface area (Å²) in [7, 11) is 0. The Kier molecular flexibility index (Phi) is 3.15. The normalized spacial score (nSPS) is 27.5. The number of primary amides is 1. The van der Waals surface area contributed by atoms with Crippen LogP contribution in [0, 0.1) is 17.8 Å². The van der Waals surface area contributed by atoms with Gasteiger partial charge in [-0.15, -0.1) is 0 Å². The maximum absolute atomic E-state index is 10.7. The standard InChI is InChI=1S/C15H19N3O/c16-15(19)18-14-5-3-13(4-6-14)17-9-12-8-10-1-2-11(12)7-10/h1-6,10-12,17H,7-9H2,(H3,16,18,19). The van der Waals surface area contributed by atoms with E-state index >= 15 is 0 Å². The Morgan fingerprint density at radius 1 is 1.16 bits per heavy atom. The summed E-state index contributed by atoms with van der Waals surface area (Å²) >= 11 is 0. The third kappa shape index (κ3) is 2.72. The monoisotopic (exact) mass is 257 g/mol. The molecule has 1 saturated carbocycles. The molecule has 2 bridgehead atoms. The number of rotatable bonds is 4. The van der Waals surface area contributed by atoms with Crippen LogP contribution in [0.25, 0.3) is 0 Å². The maximum Gasteiger partial charge on any atom is 0.316 e. The number of nitrogens with one attached hydrogen (secondary N) is 2. The maximum atomic E-state index is 10.7. The number of fused-ring (bicyclic) bond motifs is 2. The van der Waals surface area contributed by atoms with Gasteiger partial charge in [-0.25, -0.2) is 4.79 Å². The third-order valence-corrected chi connectivity index (χ3v) is 4.14. The summed E-state index contributed by atoms with van der Waals surface area (Å²) in [6.07, 6.45) is 7.40. The van der Waals surface area contributed by atoms with Crippen molar-refractivity contribution in [3.63, 3.8) is 0 Å². The molecule has 2 amide bonds. The van der Waals surface area contributed by atoms with Crippen LogP contribution in [0.3, 0.4) is 0 Å². The summed E-state index contributed by atoms with van der Waals surface area (Å²) in [4.78, 5) is 10.7. The largest absolute Gasteiger partial charge is 0.385 e. The first kappa shape index (κ1) is 12.1. The number of carbonyl (C=O) groups excluding carboxylic acids is 1. The van der Waals surface area contributed by atoms with E-state index in [9.17, 15) is 4.79 Å². The quantitative estimate of drug-likeness (QED) is 0.726. The Morgan fingerprint density at radius 3 is 2.47 bits per heavy atom. The topological polar surface area (TPSA) is 67.2 Å². The minimum Gasteiger partial charge on any atom is -0.385 e. The van der Waals surface area contributed by atoms with Gasteiger partial charge in [-0.3, -0.25) is 0 Å². The Labute approximate surface area is 113 Å². The molecular formula is C15H19N3O. The zero-order valence-corrected chi connectivity index (χ0v) is 10.8. The number of anilines is 2. The van der Waals surface area contributed by atoms with Gasteiger partial charge < -0.3 is 16.4 Å². The second-order valence-corrected chi connectivity index (χ2v) is 5.49. The highest BCUT2D eigenvalue weighted by atomic mass is 16.2. The predicted molar refractivity (Wildman–Crippen MR) is 77.0 cm³/mol. The van der Waals surface area contributed by atoms with E-state index in [-0.39, 0.29) is 0 Å². The number of urea groups is 1. The molecule has 0 heterocycles. The SMILES string of the molecule is NC(=O)Nc1ccc(NCC2CC3C=CC2C3)cc1. The van der Waals surface area contributed by atoms with Crippen LogP contribution in [0.1, 0.15) is 12.8 Å². The highest BCUT2D eigenvalue weighted by Gasteiger charge is 2.35. The number of benzene rings is 1. The molecule has 0 aromatic heterocycles. The van der Waals surface area contributed by atoms with Crippen molar-refractivity contribution in [2.75, 3.05) is 17.2 Å². The molecule has 1 aromatic rings. The van der Waals surface area contributed by atoms with Gasteiger partial charge in [0, 0.05) is 17.9 Å². The van der Waals surface area contributed by atoms with Crippen LogP contribution in [0.2, 0.25) is 0 Å². The van der Waals surface area contributed by atoms with E-state index in [1.807, 2.05) is 24.3 Å². The van der Waals surface area contributed by atoms with Crippen LogP contribution in [0.5, 0.6) is 0 Å². The van der Waals surface area contributed by atoms with Crippen molar-refractivity contribution in [1.82, 2.24) is 0 Å². The molecule has 1 aromatic carbocycles. The fraction of sp³-hybridized carbons (Fsp3) is 0.400. The second-order valence-electron chi connectivity index (χ2n) is 5.49. The molecule has 4 N–H and O–H groups in total. The van der Waals surface area contributed by atoms with Crippen LogP contribution < -0.4 is 16.4 Å². The van der Waals surface area contributed by atoms with Crippen LogP contribution in [-0.2, 0) is 0 Å². The number of allylic oxidation sites excluding steroid dienone is 2. The molecule has 2 aliphatic rings. The lowest BCUT2D eigenvalue weighted by atomic mass is 9.93. The Bertz CT molecular complexity index is 495. The van der Waals surface area contributed by atoms with Crippen molar-refractivity contribution >= 4 is 17.4 Å². The zero-order chi connectivity index (χ0) is 13.2. The van der Waals surface area contributed by atoms with Crippen LogP contribution in [0.4, 0.5) is 16.2 Å². The fourth-order valence-corrected chi connectivity index (χ4v) is 3.19. The molecule has 2 aliphatic carbocycles. The summed E-state index contributed by atoms with van der Waals surface area (Å²) in [6, 6.07) is 7.11. The van der Waals surface area contributed by atoms with Crippen molar-refractivity contribution in [2.45, 2.75) is 12.8 Å². The number of nitrogens with two attached hydrogens (primary N) is 1. The molecular weight excluding hydrogens is 238 g/mol. The molecule has 4 heteroatoms. The summed E-state index contributed by atoms with van der Waals surface area (Å²) in [5, 5.41) is 6.03. The molecule has 0 aliphatic heterocycles. The molecule has 4 nitrogen and oxygen atoms in total. The number of amides is 2. The van der Waals surface area contributed by atoms with Gasteiger partial charge in [-0.05, 0) is 54.9 Å². The van der Waals surface area contributed by atoms with E-state index in [0.717, 1.165) is 35.7 Å². The Morgan fingerprint density at radius 2 is 1.89 bits per heavy atom. The minimum atomic E-state index is -0.533. The molecule has 0 saturated heterocycles. The fourth-order valence-electron chi connectivity index (χ4n) is 3.19. The van der Waals surface area contributed by atoms with E-state index < -0.39 is 6.03 Å². The molecule has 0 spiro atoms. The van der Waals surface area contributed by atoms with Gasteiger partial charge >= 0.3 is 6.03 Å². The smallest absolute Gasteiger partial charge is 0.316 e. The van der Waals surface area contributed by atoms with Crippen molar-refractivity contribution < 1.29 is 4.79 Å². The second kappa shape index (κ2) is 4.96. The number of hydrogen-bond donors (Lipinski definition) is 3. The lowest BCUT2D eigenvalue weighted by Crippen LogP contribution is -2.19. The molecule has 0 radical (unpaired) electrons. The van der Waals surface area contributed by atoms with Crippen molar-refractivity contribution in [3.05, 3.63) is 36.4 Å². The molecule has 3 atom stereocenters. The molecule has 3 unspecified atom stereocenters. The van der Waals surface area contributed by atoms with E-state index in [0.29, 0.717) is 0 Å². The average Bonchev–Trinajstić information content (AvgIpc) is 2.99. The number of hydrogen-bond acceptors (Lipinski definition) is 2. The predicted octanol–water partition coefficient (Wildman–Crippen LogP) is 2.80. The highest BCUT2D eigenvalue weighted by Crippen LogP contribution is 2.43. The van der Waals surface area contributed by atoms with Crippen LogP contribution >= 0.6 is 0 Å². The first-order chi connectivity index (χ1) is 9.20. The summed E-state index contributed by atoms with van der Waals surface area (Å²) < 4.78 is 0. The Hall–Kier alpha value is -1.97. The van der Waals surface area contributed by atoms with Gasteiger partial charge in [0.2, 0.25) is 0 Å². The summed E-state index contributed by atoms with van der Waals surface area (Å²) in [6.45, 7) is 1.02. The highest BCUT2D eigenvalue weighted by molar-refractivity contribution is 5.87. The first-order valence-corrected chi connectivity index (χ1v) is 6.79. The molecule has 100 valence electrons. The van der Waals surface area contributed by atoms with Crippen molar-refractivity contribution in [2.24, 2.45) is 23.5 Å². The number of carbonyl (C=O) groups is 1. The van der Waals surface area contributed by atoms with Gasteiger partial charge in [0.05, 0.1) is 0 Å². The molecule has 19 heavy (non-hydrogen) atoms. The lowest BCUT2D eigenvalue weighted by molar-refractivity contribution is 0.259. The summed E-state index contributed by atoms with van der Waals surface area (Å²) in [5.74, 6) is 2.35. The van der Waals surface area contributed by atoms with Gasteiger partial charge in [0.1, 0.15) is 0 Å². The van der Waals surface area contributed by atoms with Gasteiger partial charge in [-0.1, -0.05) is 12.2 Å². The van der Waals surface area contributed by atoms with E-state index in [2.05, 4.69) is 22.8 Å². The lowest BCUT2D eigenvalue weighted by Gasteiger charge is -2.19. The molecule has 3 rings (SSSR count). The van der Waals surface area contributed by atoms with E-state index in [1.165, 1.54) is 12.8 Å². The van der Waals surface area contributed by atoms with Crippen molar-refractivity contribution in [3.8, 4) is 0 Å². The summed E-state index contributed by atoms with van der Waals surface area (Å²) in [5.41, 5.74) is 6.87. The van der Waals surface area contributed by atoms with Gasteiger partial charge in [-0.2, -0.15) is 0 Å². The van der Waals surface area contributed by atoms with Gasteiger partial charge in [0.15, 0.2) is 0 Å². The third-order valence-electron chi connectivity index (χ3n) is 4.14.